The van der Waals surface area contributed by atoms with Gasteiger partial charge < -0.3 is 10.2 Å². The highest BCUT2D eigenvalue weighted by Gasteiger charge is 2.25. The number of carbonyl (C=O) groups excluding carboxylic acids is 2. The molecule has 2 saturated heterocycles. The summed E-state index contributed by atoms with van der Waals surface area (Å²) in [6, 6.07) is 14.4. The van der Waals surface area contributed by atoms with Gasteiger partial charge >= 0.3 is 0 Å². The number of anilines is 1. The highest BCUT2D eigenvalue weighted by molar-refractivity contribution is 7.15. The summed E-state index contributed by atoms with van der Waals surface area (Å²) < 4.78 is 13.4. The first kappa shape index (κ1) is 28.1. The third-order valence-electron chi connectivity index (χ3n) is 7.72. The van der Waals surface area contributed by atoms with Crippen LogP contribution in [0.15, 0.2) is 59.0 Å². The standard InChI is InChI=1S/C31H36FN5O2S/c1-22-21-40-31(28(22)30(39)35-33-19-23-7-6-10-26(32)18-23)34-29(38)25-9-5-8-24(17-25)20-36-15-11-27(12-16-36)37-13-3-2-4-14-37/h5-10,17-19,21,27H,2-4,11-16,20H2,1H3,(H,34,38)(H,35,39)/b33-19+. The molecule has 0 atom stereocenters. The van der Waals surface area contributed by atoms with Gasteiger partial charge in [0.1, 0.15) is 10.8 Å². The Balaban J connectivity index is 1.17. The summed E-state index contributed by atoms with van der Waals surface area (Å²) in [6.07, 6.45) is 7.81. The summed E-state index contributed by atoms with van der Waals surface area (Å²) in [5.41, 5.74) is 5.78. The fraction of sp³-hybridized carbons (Fsp3) is 0.387. The van der Waals surface area contributed by atoms with Gasteiger partial charge in [0, 0.05) is 18.2 Å². The van der Waals surface area contributed by atoms with E-state index < -0.39 is 5.91 Å². The van der Waals surface area contributed by atoms with Crippen molar-refractivity contribution in [1.82, 2.24) is 15.2 Å². The molecular formula is C31H36FN5O2S. The van der Waals surface area contributed by atoms with Crippen molar-refractivity contribution in [3.63, 3.8) is 0 Å². The topological polar surface area (TPSA) is 77.0 Å². The van der Waals surface area contributed by atoms with Crippen molar-refractivity contribution < 1.29 is 14.0 Å². The number of likely N-dealkylation sites (tertiary alicyclic amines) is 2. The van der Waals surface area contributed by atoms with E-state index in [1.54, 1.807) is 18.2 Å². The molecule has 1 aromatic heterocycles. The first-order valence-corrected chi connectivity index (χ1v) is 14.9. The molecule has 2 amide bonds. The summed E-state index contributed by atoms with van der Waals surface area (Å²) in [4.78, 5) is 31.2. The van der Waals surface area contributed by atoms with E-state index in [4.69, 9.17) is 0 Å². The number of carbonyl (C=O) groups is 2. The molecule has 210 valence electrons. The van der Waals surface area contributed by atoms with E-state index in [1.807, 2.05) is 24.4 Å². The summed E-state index contributed by atoms with van der Waals surface area (Å²) in [6.45, 7) is 7.28. The Bertz CT molecular complexity index is 1360. The van der Waals surface area contributed by atoms with Gasteiger partial charge in [-0.2, -0.15) is 5.10 Å². The normalized spacial score (nSPS) is 17.2. The fourth-order valence-electron chi connectivity index (χ4n) is 5.60. The second-order valence-corrected chi connectivity index (χ2v) is 11.5. The van der Waals surface area contributed by atoms with Crippen LogP contribution in [0.2, 0.25) is 0 Å². The molecule has 2 aromatic carbocycles. The van der Waals surface area contributed by atoms with Crippen LogP contribution in [0.3, 0.4) is 0 Å². The molecule has 0 aliphatic carbocycles. The number of piperidine rings is 2. The number of hydrogen-bond donors (Lipinski definition) is 2. The highest BCUT2D eigenvalue weighted by atomic mass is 32.1. The van der Waals surface area contributed by atoms with Crippen molar-refractivity contribution in [2.75, 3.05) is 31.5 Å². The maximum absolute atomic E-state index is 13.4. The molecule has 2 N–H and O–H groups in total. The predicted octanol–water partition coefficient (Wildman–Crippen LogP) is 5.66. The molecule has 5 rings (SSSR count). The average Bonchev–Trinajstić information content (AvgIpc) is 3.33. The van der Waals surface area contributed by atoms with Crippen LogP contribution < -0.4 is 10.7 Å². The summed E-state index contributed by atoms with van der Waals surface area (Å²) in [5.74, 6) is -1.08. The van der Waals surface area contributed by atoms with Gasteiger partial charge in [0.05, 0.1) is 11.8 Å². The minimum atomic E-state index is -0.441. The van der Waals surface area contributed by atoms with Gasteiger partial charge in [-0.1, -0.05) is 30.7 Å². The summed E-state index contributed by atoms with van der Waals surface area (Å²) >= 11 is 1.30. The van der Waals surface area contributed by atoms with Crippen LogP contribution in [0, 0.1) is 12.7 Å². The van der Waals surface area contributed by atoms with E-state index in [9.17, 15) is 14.0 Å². The fourth-order valence-corrected chi connectivity index (χ4v) is 6.53. The van der Waals surface area contributed by atoms with Gasteiger partial charge in [-0.05, 0) is 105 Å². The van der Waals surface area contributed by atoms with Crippen LogP contribution in [-0.4, -0.2) is 60.0 Å². The zero-order chi connectivity index (χ0) is 27.9. The van der Waals surface area contributed by atoms with Gasteiger partial charge in [-0.15, -0.1) is 11.3 Å². The number of rotatable bonds is 8. The number of hydrazone groups is 1. The molecular weight excluding hydrogens is 525 g/mol. The lowest BCUT2D eigenvalue weighted by Crippen LogP contribution is -2.46. The second-order valence-electron chi connectivity index (χ2n) is 10.6. The Morgan fingerprint density at radius 3 is 2.58 bits per heavy atom. The molecule has 0 spiro atoms. The number of hydrogen-bond acceptors (Lipinski definition) is 6. The Kier molecular flexibility index (Phi) is 9.36. The lowest BCUT2D eigenvalue weighted by Gasteiger charge is -2.40. The first-order chi connectivity index (χ1) is 19.5. The maximum atomic E-state index is 13.4. The second kappa shape index (κ2) is 13.3. The molecule has 0 radical (unpaired) electrons. The molecule has 40 heavy (non-hydrogen) atoms. The molecule has 3 aromatic rings. The monoisotopic (exact) mass is 561 g/mol. The van der Waals surface area contributed by atoms with Crippen LogP contribution in [0.4, 0.5) is 9.39 Å². The van der Waals surface area contributed by atoms with E-state index in [0.29, 0.717) is 27.7 Å². The number of aryl methyl sites for hydroxylation is 1. The molecule has 0 bridgehead atoms. The van der Waals surface area contributed by atoms with Crippen molar-refractivity contribution in [3.05, 3.63) is 87.5 Å². The van der Waals surface area contributed by atoms with Crippen LogP contribution in [0.25, 0.3) is 0 Å². The third-order valence-corrected chi connectivity index (χ3v) is 8.73. The zero-order valence-corrected chi connectivity index (χ0v) is 23.7. The van der Waals surface area contributed by atoms with Crippen LogP contribution in [0.1, 0.15) is 69.5 Å². The number of amides is 2. The van der Waals surface area contributed by atoms with E-state index in [2.05, 4.69) is 31.7 Å². The molecule has 2 aliphatic heterocycles. The number of nitrogens with one attached hydrogen (secondary N) is 2. The van der Waals surface area contributed by atoms with Crippen molar-refractivity contribution >= 4 is 34.4 Å². The third kappa shape index (κ3) is 7.21. The lowest BCUT2D eigenvalue weighted by atomic mass is 9.99. The van der Waals surface area contributed by atoms with Gasteiger partial charge in [0.25, 0.3) is 11.8 Å². The van der Waals surface area contributed by atoms with Crippen molar-refractivity contribution in [2.45, 2.75) is 51.6 Å². The minimum Gasteiger partial charge on any atom is -0.313 e. The molecule has 0 saturated carbocycles. The molecule has 9 heteroatoms. The lowest BCUT2D eigenvalue weighted by molar-refractivity contribution is 0.0896. The molecule has 2 fully saturated rings. The predicted molar refractivity (Wildman–Crippen MR) is 159 cm³/mol. The molecule has 0 unspecified atom stereocenters. The van der Waals surface area contributed by atoms with Crippen LogP contribution in [0.5, 0.6) is 0 Å². The number of thiophene rings is 1. The van der Waals surface area contributed by atoms with Crippen LogP contribution >= 0.6 is 11.3 Å². The zero-order valence-electron chi connectivity index (χ0n) is 22.9. The molecule has 7 nitrogen and oxygen atoms in total. The number of nitrogens with zero attached hydrogens (tertiary/aromatic N) is 3. The maximum Gasteiger partial charge on any atom is 0.274 e. The first-order valence-electron chi connectivity index (χ1n) is 14.0. The van der Waals surface area contributed by atoms with E-state index in [0.717, 1.165) is 30.8 Å². The largest absolute Gasteiger partial charge is 0.313 e. The number of halogens is 1. The Morgan fingerprint density at radius 2 is 1.80 bits per heavy atom. The molecule has 3 heterocycles. The van der Waals surface area contributed by atoms with E-state index in [1.165, 1.54) is 74.9 Å². The van der Waals surface area contributed by atoms with E-state index >= 15 is 0 Å². The van der Waals surface area contributed by atoms with Crippen molar-refractivity contribution in [3.8, 4) is 0 Å². The number of benzene rings is 2. The summed E-state index contributed by atoms with van der Waals surface area (Å²) in [7, 11) is 0. The van der Waals surface area contributed by atoms with Gasteiger partial charge in [-0.25, -0.2) is 9.82 Å². The van der Waals surface area contributed by atoms with E-state index in [-0.39, 0.29) is 11.7 Å². The SMILES string of the molecule is Cc1csc(NC(=O)c2cccc(CN3CCC(N4CCCCC4)CC3)c2)c1C(=O)N/N=C/c1cccc(F)c1. The van der Waals surface area contributed by atoms with Gasteiger partial charge in [-0.3, -0.25) is 14.5 Å². The van der Waals surface area contributed by atoms with Crippen molar-refractivity contribution in [1.29, 1.82) is 0 Å². The van der Waals surface area contributed by atoms with Gasteiger partial charge in [0.15, 0.2) is 0 Å². The highest BCUT2D eigenvalue weighted by Crippen LogP contribution is 2.28. The minimum absolute atomic E-state index is 0.259. The molecule has 2 aliphatic rings. The van der Waals surface area contributed by atoms with Crippen molar-refractivity contribution in [2.24, 2.45) is 5.10 Å². The smallest absolute Gasteiger partial charge is 0.274 e. The van der Waals surface area contributed by atoms with Gasteiger partial charge in [0.2, 0.25) is 0 Å². The van der Waals surface area contributed by atoms with Crippen LogP contribution in [-0.2, 0) is 6.54 Å². The Morgan fingerprint density at radius 1 is 1.02 bits per heavy atom. The average molecular weight is 562 g/mol. The Hall–Kier alpha value is -3.40. The Labute approximate surface area is 239 Å². The quantitative estimate of drug-likeness (QED) is 0.275. The summed E-state index contributed by atoms with van der Waals surface area (Å²) in [5, 5.41) is 9.15.